The smallest absolute Gasteiger partial charge is 0.293 e. The van der Waals surface area contributed by atoms with Gasteiger partial charge in [-0.25, -0.2) is 4.98 Å². The maximum atomic E-state index is 12.4. The fourth-order valence-corrected chi connectivity index (χ4v) is 3.73. The van der Waals surface area contributed by atoms with E-state index < -0.39 is 10.8 Å². The first-order valence-electron chi connectivity index (χ1n) is 8.21. The van der Waals surface area contributed by atoms with Crippen molar-refractivity contribution >= 4 is 33.8 Å². The minimum Gasteiger partial charge on any atom is -0.366 e. The van der Waals surface area contributed by atoms with Gasteiger partial charge in [0.2, 0.25) is 0 Å². The molecule has 8 heteroatoms. The Labute approximate surface area is 149 Å². The van der Waals surface area contributed by atoms with E-state index in [0.29, 0.717) is 16.7 Å². The maximum Gasteiger partial charge on any atom is 0.293 e. The van der Waals surface area contributed by atoms with Crippen molar-refractivity contribution in [2.24, 2.45) is 5.92 Å². The van der Waals surface area contributed by atoms with Crippen molar-refractivity contribution in [1.82, 2.24) is 4.98 Å². The maximum absolute atomic E-state index is 12.4. The Morgan fingerprint density at radius 2 is 2.28 bits per heavy atom. The number of carbonyl (C=O) groups excluding carboxylic acids is 1. The summed E-state index contributed by atoms with van der Waals surface area (Å²) < 4.78 is 0. The van der Waals surface area contributed by atoms with Gasteiger partial charge in [0.15, 0.2) is 5.13 Å². The lowest BCUT2D eigenvalue weighted by molar-refractivity contribution is -0.384. The van der Waals surface area contributed by atoms with Crippen molar-refractivity contribution in [2.45, 2.75) is 26.7 Å². The molecule has 1 aliphatic heterocycles. The number of carbonyl (C=O) groups is 1. The summed E-state index contributed by atoms with van der Waals surface area (Å²) in [6.07, 6.45) is 3.82. The minimum atomic E-state index is -0.418. The molecule has 132 valence electrons. The first-order valence-corrected chi connectivity index (χ1v) is 9.03. The molecule has 1 aromatic heterocycles. The number of aryl methyl sites for hydroxylation is 1. The number of hydrogen-bond donors (Lipinski definition) is 1. The molecule has 0 bridgehead atoms. The van der Waals surface area contributed by atoms with Gasteiger partial charge in [-0.3, -0.25) is 20.2 Å². The van der Waals surface area contributed by atoms with E-state index in [9.17, 15) is 14.9 Å². The van der Waals surface area contributed by atoms with Crippen molar-refractivity contribution < 1.29 is 9.72 Å². The molecular weight excluding hydrogens is 340 g/mol. The SMILES string of the molecule is Cc1cnc(NC(=O)c2ccc(N3CCC[C@@H](C)C3)c([N+](=O)[O-])c2)s1. The normalized spacial score (nSPS) is 17.4. The zero-order valence-corrected chi connectivity index (χ0v) is 15.0. The summed E-state index contributed by atoms with van der Waals surface area (Å²) in [4.78, 5) is 30.6. The van der Waals surface area contributed by atoms with E-state index in [1.165, 1.54) is 17.4 Å². The van der Waals surface area contributed by atoms with Crippen LogP contribution in [0.25, 0.3) is 0 Å². The zero-order chi connectivity index (χ0) is 18.0. The average molecular weight is 360 g/mol. The molecule has 25 heavy (non-hydrogen) atoms. The minimum absolute atomic E-state index is 0.0305. The number of hydrogen-bond acceptors (Lipinski definition) is 6. The Morgan fingerprint density at radius 1 is 1.48 bits per heavy atom. The number of benzene rings is 1. The molecule has 2 heterocycles. The number of nitro benzene ring substituents is 1. The van der Waals surface area contributed by atoms with Crippen LogP contribution in [0.1, 0.15) is 35.0 Å². The summed E-state index contributed by atoms with van der Waals surface area (Å²) in [6.45, 7) is 5.64. The lowest BCUT2D eigenvalue weighted by atomic mass is 9.99. The van der Waals surface area contributed by atoms with Crippen LogP contribution < -0.4 is 10.2 Å². The lowest BCUT2D eigenvalue weighted by Crippen LogP contribution is -2.34. The van der Waals surface area contributed by atoms with E-state index >= 15 is 0 Å². The fourth-order valence-electron chi connectivity index (χ4n) is 3.07. The number of amides is 1. The number of piperidine rings is 1. The molecular formula is C17H20N4O3S. The van der Waals surface area contributed by atoms with E-state index in [0.717, 1.165) is 30.8 Å². The number of nitrogens with zero attached hydrogens (tertiary/aromatic N) is 3. The van der Waals surface area contributed by atoms with Crippen LogP contribution in [0.5, 0.6) is 0 Å². The van der Waals surface area contributed by atoms with Gasteiger partial charge in [-0.2, -0.15) is 0 Å². The molecule has 2 aromatic rings. The zero-order valence-electron chi connectivity index (χ0n) is 14.2. The first-order chi connectivity index (χ1) is 11.9. The summed E-state index contributed by atoms with van der Waals surface area (Å²) in [6, 6.07) is 4.67. The van der Waals surface area contributed by atoms with Crippen molar-refractivity contribution in [3.8, 4) is 0 Å². The molecule has 3 rings (SSSR count). The van der Waals surface area contributed by atoms with E-state index in [2.05, 4.69) is 17.2 Å². The highest BCUT2D eigenvalue weighted by molar-refractivity contribution is 7.15. The van der Waals surface area contributed by atoms with Gasteiger partial charge in [0.25, 0.3) is 11.6 Å². The quantitative estimate of drug-likeness (QED) is 0.661. The topological polar surface area (TPSA) is 88.4 Å². The molecule has 0 radical (unpaired) electrons. The first kappa shape index (κ1) is 17.3. The van der Waals surface area contributed by atoms with E-state index in [1.54, 1.807) is 18.3 Å². The van der Waals surface area contributed by atoms with Crippen LogP contribution in [-0.4, -0.2) is 28.9 Å². The van der Waals surface area contributed by atoms with Crippen LogP contribution in [0.4, 0.5) is 16.5 Å². The molecule has 0 aliphatic carbocycles. The molecule has 0 spiro atoms. The van der Waals surface area contributed by atoms with E-state index in [4.69, 9.17) is 0 Å². The number of aromatic nitrogens is 1. The standard InChI is InChI=1S/C17H20N4O3S/c1-11-4-3-7-20(10-11)14-6-5-13(8-15(14)21(23)24)16(22)19-17-18-9-12(2)25-17/h5-6,8-9,11H,3-4,7,10H2,1-2H3,(H,18,19,22)/t11-/m1/s1. The molecule has 1 amide bonds. The third-order valence-corrected chi connectivity index (χ3v) is 5.10. The molecule has 7 nitrogen and oxygen atoms in total. The van der Waals surface area contributed by atoms with Gasteiger partial charge < -0.3 is 4.90 Å². The van der Waals surface area contributed by atoms with Gasteiger partial charge >= 0.3 is 0 Å². The third kappa shape index (κ3) is 3.96. The van der Waals surface area contributed by atoms with Crippen LogP contribution in [-0.2, 0) is 0 Å². The number of nitro groups is 1. The van der Waals surface area contributed by atoms with Crippen LogP contribution in [0.2, 0.25) is 0 Å². The Bertz CT molecular complexity index is 805. The molecule has 0 saturated carbocycles. The van der Waals surface area contributed by atoms with Crippen molar-refractivity contribution in [2.75, 3.05) is 23.3 Å². The lowest BCUT2D eigenvalue weighted by Gasteiger charge is -2.32. The Kier molecular flexibility index (Phi) is 4.98. The second kappa shape index (κ2) is 7.18. The summed E-state index contributed by atoms with van der Waals surface area (Å²) in [5.74, 6) is 0.112. The molecule has 1 N–H and O–H groups in total. The molecule has 1 aromatic carbocycles. The van der Waals surface area contributed by atoms with Crippen molar-refractivity contribution in [3.05, 3.63) is 45.0 Å². The predicted octanol–water partition coefficient (Wildman–Crippen LogP) is 3.85. The second-order valence-electron chi connectivity index (χ2n) is 6.38. The van der Waals surface area contributed by atoms with Gasteiger partial charge in [-0.15, -0.1) is 11.3 Å². The number of rotatable bonds is 4. The van der Waals surface area contributed by atoms with Crippen LogP contribution in [0.3, 0.4) is 0 Å². The largest absolute Gasteiger partial charge is 0.366 e. The highest BCUT2D eigenvalue weighted by atomic mass is 32.1. The predicted molar refractivity (Wildman–Crippen MR) is 98.5 cm³/mol. The van der Waals surface area contributed by atoms with Crippen LogP contribution in [0.15, 0.2) is 24.4 Å². The van der Waals surface area contributed by atoms with Gasteiger partial charge in [0, 0.05) is 35.8 Å². The van der Waals surface area contributed by atoms with Crippen LogP contribution >= 0.6 is 11.3 Å². The van der Waals surface area contributed by atoms with E-state index in [-0.39, 0.29) is 11.3 Å². The van der Waals surface area contributed by atoms with Gasteiger partial charge in [0.1, 0.15) is 5.69 Å². The van der Waals surface area contributed by atoms with Crippen molar-refractivity contribution in [3.63, 3.8) is 0 Å². The van der Waals surface area contributed by atoms with Gasteiger partial charge in [0.05, 0.1) is 4.92 Å². The fraction of sp³-hybridized carbons (Fsp3) is 0.412. The molecule has 0 unspecified atom stereocenters. The number of nitrogens with one attached hydrogen (secondary N) is 1. The highest BCUT2D eigenvalue weighted by Gasteiger charge is 2.25. The van der Waals surface area contributed by atoms with Crippen molar-refractivity contribution in [1.29, 1.82) is 0 Å². The van der Waals surface area contributed by atoms with Gasteiger partial charge in [-0.1, -0.05) is 6.92 Å². The Morgan fingerprint density at radius 3 is 2.92 bits per heavy atom. The number of thiazole rings is 1. The van der Waals surface area contributed by atoms with E-state index in [1.807, 2.05) is 11.8 Å². The summed E-state index contributed by atoms with van der Waals surface area (Å²) >= 11 is 1.36. The monoisotopic (exact) mass is 360 g/mol. The Balaban J connectivity index is 1.85. The van der Waals surface area contributed by atoms with Gasteiger partial charge in [-0.05, 0) is 37.8 Å². The molecule has 1 atom stereocenters. The summed E-state index contributed by atoms with van der Waals surface area (Å²) in [7, 11) is 0. The van der Waals surface area contributed by atoms with Crippen LogP contribution in [0, 0.1) is 23.0 Å². The summed E-state index contributed by atoms with van der Waals surface area (Å²) in [5, 5.41) is 14.7. The average Bonchev–Trinajstić information content (AvgIpc) is 2.99. The second-order valence-corrected chi connectivity index (χ2v) is 7.62. The number of anilines is 2. The Hall–Kier alpha value is -2.48. The molecule has 1 fully saturated rings. The highest BCUT2D eigenvalue weighted by Crippen LogP contribution is 2.32. The molecule has 1 aliphatic rings. The summed E-state index contributed by atoms with van der Waals surface area (Å²) in [5.41, 5.74) is 0.809. The third-order valence-electron chi connectivity index (χ3n) is 4.27. The molecule has 1 saturated heterocycles.